The molecule has 1 aliphatic rings. The number of primary amides is 1. The van der Waals surface area contributed by atoms with Crippen molar-refractivity contribution in [3.8, 4) is 0 Å². The first-order valence-corrected chi connectivity index (χ1v) is 18.4. The number of hydrogen-bond donors (Lipinski definition) is 6. The zero-order valence-corrected chi connectivity index (χ0v) is 32.0. The van der Waals surface area contributed by atoms with Gasteiger partial charge in [-0.2, -0.15) is 0 Å². The van der Waals surface area contributed by atoms with Crippen molar-refractivity contribution in [1.29, 1.82) is 0 Å². The van der Waals surface area contributed by atoms with Crippen LogP contribution in [-0.4, -0.2) is 102 Å². The van der Waals surface area contributed by atoms with E-state index in [1.165, 1.54) is 12.0 Å². The normalized spacial score (nSPS) is 17.1. The van der Waals surface area contributed by atoms with Crippen molar-refractivity contribution < 1.29 is 48.1 Å². The highest BCUT2D eigenvalue weighted by atomic mass is 16.5. The Morgan fingerprint density at radius 3 is 2.04 bits per heavy atom. The molecule has 300 valence electrons. The van der Waals surface area contributed by atoms with E-state index in [9.17, 15) is 38.7 Å². The number of aliphatic hydroxyl groups is 1. The number of rotatable bonds is 19. The van der Waals surface area contributed by atoms with E-state index < -0.39 is 84.3 Å². The third kappa shape index (κ3) is 13.1. The summed E-state index contributed by atoms with van der Waals surface area (Å²) in [5.41, 5.74) is 6.72. The van der Waals surface area contributed by atoms with Crippen LogP contribution >= 0.6 is 0 Å². The Morgan fingerprint density at radius 1 is 0.855 bits per heavy atom. The number of ether oxygens (including phenoxy) is 2. The molecule has 0 spiro atoms. The van der Waals surface area contributed by atoms with Gasteiger partial charge in [-0.15, -0.1) is 0 Å². The minimum atomic E-state index is -1.88. The Bertz CT molecular complexity index is 1630. The number of carbonyl (C=O) groups is 7. The fourth-order valence-electron chi connectivity index (χ4n) is 6.17. The molecule has 1 saturated heterocycles. The Kier molecular flexibility index (Phi) is 17.1. The van der Waals surface area contributed by atoms with Gasteiger partial charge in [-0.3, -0.25) is 24.0 Å². The van der Waals surface area contributed by atoms with Crippen molar-refractivity contribution in [2.24, 2.45) is 17.6 Å². The van der Waals surface area contributed by atoms with Crippen LogP contribution in [0.4, 0.5) is 4.79 Å². The number of nitrogens with one attached hydrogen (secondary N) is 4. The lowest BCUT2D eigenvalue weighted by Gasteiger charge is -2.32. The van der Waals surface area contributed by atoms with Gasteiger partial charge in [-0.05, 0) is 42.2 Å². The van der Waals surface area contributed by atoms with Crippen LogP contribution in [0.1, 0.15) is 64.5 Å². The average molecular weight is 767 g/mol. The fourth-order valence-corrected chi connectivity index (χ4v) is 6.17. The second-order valence-electron chi connectivity index (χ2n) is 14.0. The molecule has 7 atom stereocenters. The molecule has 3 rings (SSSR count). The number of nitrogens with zero attached hydrogens (tertiary/aromatic N) is 1. The van der Waals surface area contributed by atoms with Crippen LogP contribution in [-0.2, 0) is 51.3 Å². The second kappa shape index (κ2) is 21.4. The van der Waals surface area contributed by atoms with Crippen LogP contribution < -0.4 is 27.0 Å². The van der Waals surface area contributed by atoms with E-state index in [2.05, 4.69) is 21.3 Å². The highest BCUT2D eigenvalue weighted by molar-refractivity contribution is 5.95. The van der Waals surface area contributed by atoms with Gasteiger partial charge >= 0.3 is 12.1 Å². The van der Waals surface area contributed by atoms with Crippen LogP contribution in [0.2, 0.25) is 0 Å². The summed E-state index contributed by atoms with van der Waals surface area (Å²) in [6, 6.07) is 11.6. The van der Waals surface area contributed by atoms with E-state index >= 15 is 0 Å². The quantitative estimate of drug-likeness (QED) is 0.111. The molecule has 55 heavy (non-hydrogen) atoms. The maximum absolute atomic E-state index is 14.0. The lowest BCUT2D eigenvalue weighted by Crippen LogP contribution is -2.60. The first-order valence-electron chi connectivity index (χ1n) is 18.4. The maximum atomic E-state index is 14.0. The minimum absolute atomic E-state index is 0.0423. The Morgan fingerprint density at radius 2 is 1.47 bits per heavy atom. The van der Waals surface area contributed by atoms with E-state index in [1.807, 2.05) is 6.92 Å². The van der Waals surface area contributed by atoms with Crippen molar-refractivity contribution in [3.05, 3.63) is 71.8 Å². The molecule has 16 nitrogen and oxygen atoms in total. The van der Waals surface area contributed by atoms with Crippen LogP contribution in [0, 0.1) is 11.8 Å². The minimum Gasteiger partial charge on any atom is -0.467 e. The average Bonchev–Trinajstić information content (AvgIpc) is 3.67. The van der Waals surface area contributed by atoms with E-state index in [0.717, 1.165) is 0 Å². The molecule has 0 saturated carbocycles. The van der Waals surface area contributed by atoms with Gasteiger partial charge in [-0.1, -0.05) is 94.8 Å². The molecule has 0 radical (unpaired) electrons. The number of benzene rings is 2. The van der Waals surface area contributed by atoms with E-state index in [-0.39, 0.29) is 37.8 Å². The van der Waals surface area contributed by atoms with E-state index in [4.69, 9.17) is 15.2 Å². The molecular formula is C39H54N6O10. The summed E-state index contributed by atoms with van der Waals surface area (Å²) in [6.07, 6.45) is -2.36. The Hall–Kier alpha value is -5.51. The number of hydrogen-bond acceptors (Lipinski definition) is 10. The number of likely N-dealkylation sites (tertiary alicyclic amines) is 1. The Balaban J connectivity index is 1.80. The van der Waals surface area contributed by atoms with Crippen LogP contribution in [0.15, 0.2) is 60.7 Å². The first-order chi connectivity index (χ1) is 26.2. The monoisotopic (exact) mass is 766 g/mol. The van der Waals surface area contributed by atoms with Crippen LogP contribution in [0.3, 0.4) is 0 Å². The SMILES string of the molecule is CC[C@H](C)[C@H](NC(=O)[C@@H]1CCCN1C(=O)[C@@H](O)[C@H](Cc1ccccc1)NC(=O)[C@@H](CC(N)=O)NC(=O)OCc1ccccc1)C(=O)N[C@H](C(=O)OC)C(C)C. The predicted octanol–water partition coefficient (Wildman–Crippen LogP) is 1.08. The summed E-state index contributed by atoms with van der Waals surface area (Å²) in [5, 5.41) is 22.0. The van der Waals surface area contributed by atoms with Crippen LogP contribution in [0.5, 0.6) is 0 Å². The number of esters is 1. The van der Waals surface area contributed by atoms with Crippen molar-refractivity contribution >= 4 is 41.6 Å². The number of nitrogens with two attached hydrogens (primary N) is 1. The summed E-state index contributed by atoms with van der Waals surface area (Å²) in [5.74, 6) is -5.15. The predicted molar refractivity (Wildman–Crippen MR) is 200 cm³/mol. The first kappa shape index (κ1) is 43.9. The zero-order valence-electron chi connectivity index (χ0n) is 32.0. The molecule has 7 N–H and O–H groups in total. The van der Waals surface area contributed by atoms with Crippen molar-refractivity contribution in [2.75, 3.05) is 13.7 Å². The van der Waals surface area contributed by atoms with E-state index in [0.29, 0.717) is 24.0 Å². The number of carbonyl (C=O) groups excluding carboxylic acids is 7. The number of aliphatic hydroxyl groups excluding tert-OH is 1. The van der Waals surface area contributed by atoms with Gasteiger partial charge in [0.15, 0.2) is 6.10 Å². The largest absolute Gasteiger partial charge is 0.467 e. The highest BCUT2D eigenvalue weighted by Crippen LogP contribution is 2.22. The summed E-state index contributed by atoms with van der Waals surface area (Å²) >= 11 is 0. The molecule has 0 aromatic heterocycles. The highest BCUT2D eigenvalue weighted by Gasteiger charge is 2.42. The van der Waals surface area contributed by atoms with Gasteiger partial charge < -0.3 is 46.5 Å². The topological polar surface area (TPSA) is 236 Å². The van der Waals surface area contributed by atoms with Gasteiger partial charge in [0.1, 0.15) is 30.8 Å². The smallest absolute Gasteiger partial charge is 0.408 e. The molecule has 1 aliphatic heterocycles. The van der Waals surface area contributed by atoms with Crippen molar-refractivity contribution in [3.63, 3.8) is 0 Å². The molecule has 16 heteroatoms. The molecular weight excluding hydrogens is 712 g/mol. The Labute approximate surface area is 321 Å². The summed E-state index contributed by atoms with van der Waals surface area (Å²) in [7, 11) is 1.22. The molecule has 1 heterocycles. The lowest BCUT2D eigenvalue weighted by molar-refractivity contribution is -0.148. The summed E-state index contributed by atoms with van der Waals surface area (Å²) in [6.45, 7) is 7.11. The van der Waals surface area contributed by atoms with Crippen molar-refractivity contribution in [2.45, 2.75) is 103 Å². The van der Waals surface area contributed by atoms with Crippen LogP contribution in [0.25, 0.3) is 0 Å². The van der Waals surface area contributed by atoms with Gasteiger partial charge in [0.2, 0.25) is 23.6 Å². The van der Waals surface area contributed by atoms with Gasteiger partial charge in [0.05, 0.1) is 19.6 Å². The number of methoxy groups -OCH3 is 1. The third-order valence-electron chi connectivity index (χ3n) is 9.54. The van der Waals surface area contributed by atoms with Gasteiger partial charge in [0, 0.05) is 6.54 Å². The van der Waals surface area contributed by atoms with Crippen molar-refractivity contribution in [1.82, 2.24) is 26.2 Å². The van der Waals surface area contributed by atoms with Gasteiger partial charge in [-0.25, -0.2) is 9.59 Å². The zero-order chi connectivity index (χ0) is 40.7. The molecule has 0 aliphatic carbocycles. The lowest BCUT2D eigenvalue weighted by atomic mass is 9.96. The molecule has 1 fully saturated rings. The summed E-state index contributed by atoms with van der Waals surface area (Å²) in [4.78, 5) is 93.0. The second-order valence-corrected chi connectivity index (χ2v) is 14.0. The molecule has 0 bridgehead atoms. The van der Waals surface area contributed by atoms with E-state index in [1.54, 1.807) is 81.4 Å². The number of amides is 6. The molecule has 0 unspecified atom stereocenters. The number of alkyl carbamates (subject to hydrolysis) is 1. The summed E-state index contributed by atoms with van der Waals surface area (Å²) < 4.78 is 10.1. The fraction of sp³-hybridized carbons (Fsp3) is 0.513. The molecule has 2 aromatic carbocycles. The maximum Gasteiger partial charge on any atom is 0.408 e. The molecule has 2 aromatic rings. The molecule has 6 amide bonds. The third-order valence-corrected chi connectivity index (χ3v) is 9.54. The van der Waals surface area contributed by atoms with Gasteiger partial charge in [0.25, 0.3) is 5.91 Å². The standard InChI is InChI=1S/C39H54N6O10/c1-6-24(4)32(36(50)43-31(23(2)3)38(52)54-5)44-35(49)29-18-13-19-45(29)37(51)33(47)27(20-25-14-9-7-10-15-25)41-34(48)28(21-30(40)46)42-39(53)55-22-26-16-11-8-12-17-26/h7-12,14-17,23-24,27-29,31-33,47H,6,13,18-22H2,1-5H3,(H2,40,46)(H,41,48)(H,42,53)(H,43,50)(H,44,49)/t24-,27-,28+,29-,31-,32-,33-/m0/s1.